The summed E-state index contributed by atoms with van der Waals surface area (Å²) in [4.78, 5) is 16.8. The van der Waals surface area contributed by atoms with Gasteiger partial charge in [0, 0.05) is 48.3 Å². The number of aryl methyl sites for hydroxylation is 3. The molecule has 1 aliphatic rings. The number of pyridine rings is 1. The molecule has 6 heteroatoms. The molecular weight excluding hydrogens is 392 g/mol. The monoisotopic (exact) mass is 418 g/mol. The zero-order valence-corrected chi connectivity index (χ0v) is 18.1. The SMILES string of the molecule is Cc1ccc2c(-c3cc4c(CNCC5CCCO5)cnc(C)c4o3)cc(=O)oc2c1C. The van der Waals surface area contributed by atoms with E-state index in [1.807, 2.05) is 45.2 Å². The Morgan fingerprint density at radius 1 is 1.10 bits per heavy atom. The van der Waals surface area contributed by atoms with Crippen LogP contribution in [-0.4, -0.2) is 24.2 Å². The van der Waals surface area contributed by atoms with Crippen molar-refractivity contribution in [2.75, 3.05) is 13.2 Å². The third kappa shape index (κ3) is 3.66. The number of hydrogen-bond donors (Lipinski definition) is 1. The number of nitrogens with one attached hydrogen (secondary N) is 1. The molecule has 1 atom stereocenters. The molecule has 3 aromatic heterocycles. The molecule has 5 rings (SSSR count). The average molecular weight is 418 g/mol. The van der Waals surface area contributed by atoms with Crippen LogP contribution in [0.25, 0.3) is 33.3 Å². The summed E-state index contributed by atoms with van der Waals surface area (Å²) in [5, 5.41) is 5.36. The van der Waals surface area contributed by atoms with E-state index in [2.05, 4.69) is 10.3 Å². The van der Waals surface area contributed by atoms with Crippen molar-refractivity contribution in [3.05, 3.63) is 63.3 Å². The third-order valence-electron chi connectivity index (χ3n) is 6.23. The van der Waals surface area contributed by atoms with Crippen LogP contribution in [0.15, 0.2) is 44.1 Å². The highest BCUT2D eigenvalue weighted by molar-refractivity contribution is 5.97. The van der Waals surface area contributed by atoms with Crippen LogP contribution in [0.2, 0.25) is 0 Å². The molecule has 1 saturated heterocycles. The van der Waals surface area contributed by atoms with Crippen molar-refractivity contribution < 1.29 is 13.6 Å². The van der Waals surface area contributed by atoms with Crippen LogP contribution in [0, 0.1) is 20.8 Å². The second kappa shape index (κ2) is 7.94. The van der Waals surface area contributed by atoms with Crippen molar-refractivity contribution in [1.29, 1.82) is 0 Å². The first-order valence-corrected chi connectivity index (χ1v) is 10.8. The van der Waals surface area contributed by atoms with Gasteiger partial charge in [0.2, 0.25) is 0 Å². The number of fused-ring (bicyclic) bond motifs is 2. The maximum Gasteiger partial charge on any atom is 0.336 e. The Morgan fingerprint density at radius 3 is 2.77 bits per heavy atom. The molecule has 0 saturated carbocycles. The van der Waals surface area contributed by atoms with E-state index in [0.717, 1.165) is 70.3 Å². The van der Waals surface area contributed by atoms with Crippen LogP contribution in [-0.2, 0) is 11.3 Å². The lowest BCUT2D eigenvalue weighted by Gasteiger charge is -2.11. The van der Waals surface area contributed by atoms with Crippen LogP contribution < -0.4 is 10.9 Å². The Kier molecular flexibility index (Phi) is 5.12. The summed E-state index contributed by atoms with van der Waals surface area (Å²) in [7, 11) is 0. The minimum absolute atomic E-state index is 0.287. The first-order valence-electron chi connectivity index (χ1n) is 10.8. The molecule has 4 heterocycles. The summed E-state index contributed by atoms with van der Waals surface area (Å²) in [5.41, 5.74) is 5.64. The van der Waals surface area contributed by atoms with Crippen LogP contribution in [0.4, 0.5) is 0 Å². The van der Waals surface area contributed by atoms with Gasteiger partial charge in [-0.25, -0.2) is 4.79 Å². The normalized spacial score (nSPS) is 16.5. The van der Waals surface area contributed by atoms with Crippen LogP contribution in [0.1, 0.15) is 35.2 Å². The molecule has 0 bridgehead atoms. The third-order valence-corrected chi connectivity index (χ3v) is 6.23. The van der Waals surface area contributed by atoms with E-state index in [1.165, 1.54) is 6.07 Å². The average Bonchev–Trinajstić information content (AvgIpc) is 3.43. The molecule has 4 aromatic rings. The number of ether oxygens (including phenoxy) is 1. The molecule has 0 radical (unpaired) electrons. The zero-order valence-electron chi connectivity index (χ0n) is 18.1. The summed E-state index contributed by atoms with van der Waals surface area (Å²) < 4.78 is 17.5. The molecule has 6 nitrogen and oxygen atoms in total. The summed E-state index contributed by atoms with van der Waals surface area (Å²) in [6.45, 7) is 8.26. The smallest absolute Gasteiger partial charge is 0.336 e. The van der Waals surface area contributed by atoms with Crippen molar-refractivity contribution in [1.82, 2.24) is 10.3 Å². The number of benzene rings is 1. The van der Waals surface area contributed by atoms with E-state index in [0.29, 0.717) is 17.9 Å². The summed E-state index contributed by atoms with van der Waals surface area (Å²) in [5.74, 6) is 0.646. The lowest BCUT2D eigenvalue weighted by molar-refractivity contribution is 0.110. The number of hydrogen-bond acceptors (Lipinski definition) is 6. The highest BCUT2D eigenvalue weighted by atomic mass is 16.5. The van der Waals surface area contributed by atoms with Gasteiger partial charge in [-0.15, -0.1) is 0 Å². The van der Waals surface area contributed by atoms with Crippen LogP contribution in [0.3, 0.4) is 0 Å². The molecule has 31 heavy (non-hydrogen) atoms. The summed E-state index contributed by atoms with van der Waals surface area (Å²) in [6.07, 6.45) is 4.42. The predicted molar refractivity (Wildman–Crippen MR) is 120 cm³/mol. The summed E-state index contributed by atoms with van der Waals surface area (Å²) >= 11 is 0. The minimum Gasteiger partial charge on any atom is -0.454 e. The van der Waals surface area contributed by atoms with Gasteiger partial charge in [0.15, 0.2) is 5.58 Å². The lowest BCUT2D eigenvalue weighted by Crippen LogP contribution is -2.25. The van der Waals surface area contributed by atoms with Gasteiger partial charge in [0.1, 0.15) is 11.3 Å². The van der Waals surface area contributed by atoms with E-state index >= 15 is 0 Å². The van der Waals surface area contributed by atoms with E-state index in [-0.39, 0.29) is 11.7 Å². The Morgan fingerprint density at radius 2 is 1.97 bits per heavy atom. The van der Waals surface area contributed by atoms with Gasteiger partial charge in [0.05, 0.1) is 11.8 Å². The van der Waals surface area contributed by atoms with Crippen molar-refractivity contribution in [2.24, 2.45) is 0 Å². The predicted octanol–water partition coefficient (Wildman–Crippen LogP) is 4.80. The Balaban J connectivity index is 1.56. The Labute approximate surface area is 180 Å². The van der Waals surface area contributed by atoms with Gasteiger partial charge in [-0.3, -0.25) is 4.98 Å². The van der Waals surface area contributed by atoms with E-state index < -0.39 is 0 Å². The van der Waals surface area contributed by atoms with Crippen molar-refractivity contribution >= 4 is 21.9 Å². The fourth-order valence-electron chi connectivity index (χ4n) is 4.31. The van der Waals surface area contributed by atoms with E-state index in [1.54, 1.807) is 0 Å². The van der Waals surface area contributed by atoms with E-state index in [4.69, 9.17) is 13.6 Å². The molecule has 0 spiro atoms. The van der Waals surface area contributed by atoms with Crippen molar-refractivity contribution in [3.63, 3.8) is 0 Å². The van der Waals surface area contributed by atoms with Gasteiger partial charge in [-0.2, -0.15) is 0 Å². The number of furan rings is 1. The largest absolute Gasteiger partial charge is 0.454 e. The van der Waals surface area contributed by atoms with Crippen molar-refractivity contribution in [2.45, 2.75) is 46.3 Å². The Bertz CT molecular complexity index is 1330. The van der Waals surface area contributed by atoms with Gasteiger partial charge in [-0.1, -0.05) is 12.1 Å². The first kappa shape index (κ1) is 20.0. The Hall–Kier alpha value is -2.96. The first-order chi connectivity index (χ1) is 15.0. The maximum atomic E-state index is 12.3. The number of aromatic nitrogens is 1. The second-order valence-corrected chi connectivity index (χ2v) is 8.35. The topological polar surface area (TPSA) is 77.5 Å². The molecule has 0 amide bonds. The zero-order chi connectivity index (χ0) is 21.5. The number of nitrogens with zero attached hydrogens (tertiary/aromatic N) is 1. The van der Waals surface area contributed by atoms with Gasteiger partial charge >= 0.3 is 5.63 Å². The van der Waals surface area contributed by atoms with E-state index in [9.17, 15) is 4.79 Å². The number of rotatable bonds is 5. The van der Waals surface area contributed by atoms with Gasteiger partial charge in [0.25, 0.3) is 0 Å². The van der Waals surface area contributed by atoms with Crippen LogP contribution >= 0.6 is 0 Å². The molecule has 0 aliphatic carbocycles. The molecule has 1 aliphatic heterocycles. The molecule has 1 aromatic carbocycles. The second-order valence-electron chi connectivity index (χ2n) is 8.35. The van der Waals surface area contributed by atoms with Gasteiger partial charge < -0.3 is 18.9 Å². The van der Waals surface area contributed by atoms with Crippen molar-refractivity contribution in [3.8, 4) is 11.3 Å². The van der Waals surface area contributed by atoms with Crippen LogP contribution in [0.5, 0.6) is 0 Å². The van der Waals surface area contributed by atoms with Gasteiger partial charge in [-0.05, 0) is 56.4 Å². The highest BCUT2D eigenvalue weighted by Crippen LogP contribution is 2.35. The molecular formula is C25H26N2O4. The highest BCUT2D eigenvalue weighted by Gasteiger charge is 2.18. The maximum absolute atomic E-state index is 12.3. The fourth-order valence-corrected chi connectivity index (χ4v) is 4.31. The minimum atomic E-state index is -0.384. The standard InChI is InChI=1S/C25H26N2O4/c1-14-6-7-19-21(10-23(28)31-24(19)15(14)2)22-9-20-17(12-27-16(3)25(20)30-22)11-26-13-18-5-4-8-29-18/h6-7,9-10,12,18,26H,4-5,8,11,13H2,1-3H3. The lowest BCUT2D eigenvalue weighted by atomic mass is 10.0. The molecule has 1 unspecified atom stereocenters. The summed E-state index contributed by atoms with van der Waals surface area (Å²) in [6, 6.07) is 7.54. The fraction of sp³-hybridized carbons (Fsp3) is 0.360. The molecule has 160 valence electrons. The quantitative estimate of drug-likeness (QED) is 0.469. The molecule has 1 N–H and O–H groups in total. The molecule has 1 fully saturated rings.